The van der Waals surface area contributed by atoms with Gasteiger partial charge in [-0.3, -0.25) is 4.90 Å². The normalized spacial score (nSPS) is 21.3. The van der Waals surface area contributed by atoms with Gasteiger partial charge in [0.2, 0.25) is 0 Å². The van der Waals surface area contributed by atoms with Gasteiger partial charge in [0, 0.05) is 38.6 Å². The van der Waals surface area contributed by atoms with Gasteiger partial charge in [0.25, 0.3) is 0 Å². The second kappa shape index (κ2) is 5.03. The first-order valence-corrected chi connectivity index (χ1v) is 7.16. The lowest BCUT2D eigenvalue weighted by Gasteiger charge is -2.43. The van der Waals surface area contributed by atoms with Gasteiger partial charge >= 0.3 is 0 Å². The highest BCUT2D eigenvalue weighted by Gasteiger charge is 2.30. The molecule has 0 saturated carbocycles. The van der Waals surface area contributed by atoms with E-state index < -0.39 is 0 Å². The summed E-state index contributed by atoms with van der Waals surface area (Å²) in [6.45, 7) is 7.23. The van der Waals surface area contributed by atoms with E-state index in [1.807, 2.05) is 12.1 Å². The number of nitrogens with zero attached hydrogens (tertiary/aromatic N) is 4. The minimum atomic E-state index is 0.739. The molecule has 2 aliphatic heterocycles. The van der Waals surface area contributed by atoms with E-state index in [1.54, 1.807) is 0 Å². The van der Waals surface area contributed by atoms with Crippen LogP contribution in [-0.2, 0) is 4.74 Å². The highest BCUT2D eigenvalue weighted by Crippen LogP contribution is 2.30. The van der Waals surface area contributed by atoms with Gasteiger partial charge in [-0.05, 0) is 22.4 Å². The zero-order chi connectivity index (χ0) is 13.4. The third-order valence-electron chi connectivity index (χ3n) is 4.18. The summed E-state index contributed by atoms with van der Waals surface area (Å²) in [6.07, 6.45) is 0. The lowest BCUT2D eigenvalue weighted by atomic mass is 9.98. The Morgan fingerprint density at radius 3 is 2.85 bits per heavy atom. The van der Waals surface area contributed by atoms with Crippen LogP contribution in [0.25, 0.3) is 11.0 Å². The van der Waals surface area contributed by atoms with Crippen molar-refractivity contribution >= 4 is 16.7 Å². The summed E-state index contributed by atoms with van der Waals surface area (Å²) >= 11 is 0. The van der Waals surface area contributed by atoms with Crippen molar-refractivity contribution < 1.29 is 9.37 Å². The highest BCUT2D eigenvalue weighted by molar-refractivity contribution is 5.87. The molecule has 1 aromatic heterocycles. The predicted octanol–water partition coefficient (Wildman–Crippen LogP) is 0.991. The molecule has 2 aromatic rings. The molecule has 0 unspecified atom stereocenters. The molecule has 2 fully saturated rings. The average molecular weight is 274 g/mol. The first kappa shape index (κ1) is 12.1. The summed E-state index contributed by atoms with van der Waals surface area (Å²) in [5.74, 6) is 0.739. The molecule has 0 amide bonds. The third kappa shape index (κ3) is 2.14. The fraction of sp³-hybridized carbons (Fsp3) is 0.571. The quantitative estimate of drug-likeness (QED) is 0.832. The molecule has 0 atom stereocenters. The van der Waals surface area contributed by atoms with Gasteiger partial charge in [0.1, 0.15) is 5.52 Å². The number of ether oxygens (including phenoxy) is 1. The van der Waals surface area contributed by atoms with Crippen LogP contribution in [0.5, 0.6) is 0 Å². The zero-order valence-corrected chi connectivity index (χ0v) is 11.4. The standard InChI is InChI=1S/C14H18N4O2/c1-2-12-14(16-20-15-12)13(3-1)18-9-11(10-18)8-17-4-6-19-7-5-17/h1-3,11H,4-10H2. The minimum Gasteiger partial charge on any atom is -0.379 e. The Labute approximate surface area is 117 Å². The molecular formula is C14H18N4O2. The number of morpholine rings is 1. The number of aromatic nitrogens is 2. The van der Waals surface area contributed by atoms with E-state index in [9.17, 15) is 0 Å². The maximum absolute atomic E-state index is 5.38. The van der Waals surface area contributed by atoms with Crippen molar-refractivity contribution in [1.29, 1.82) is 0 Å². The van der Waals surface area contributed by atoms with Crippen molar-refractivity contribution in [3.63, 3.8) is 0 Å². The molecular weight excluding hydrogens is 256 g/mol. The van der Waals surface area contributed by atoms with Crippen LogP contribution in [0.1, 0.15) is 0 Å². The van der Waals surface area contributed by atoms with Gasteiger partial charge in [0.15, 0.2) is 5.52 Å². The number of rotatable bonds is 3. The molecule has 0 radical (unpaired) electrons. The molecule has 6 nitrogen and oxygen atoms in total. The van der Waals surface area contributed by atoms with E-state index in [1.165, 1.54) is 6.54 Å². The van der Waals surface area contributed by atoms with Crippen LogP contribution >= 0.6 is 0 Å². The van der Waals surface area contributed by atoms with Crippen molar-refractivity contribution in [3.05, 3.63) is 18.2 Å². The van der Waals surface area contributed by atoms with Gasteiger partial charge in [-0.25, -0.2) is 4.63 Å². The minimum absolute atomic E-state index is 0.739. The Morgan fingerprint density at radius 1 is 1.15 bits per heavy atom. The number of hydrogen-bond donors (Lipinski definition) is 0. The van der Waals surface area contributed by atoms with E-state index in [2.05, 4.69) is 26.2 Å². The van der Waals surface area contributed by atoms with Gasteiger partial charge in [-0.2, -0.15) is 0 Å². The smallest absolute Gasteiger partial charge is 0.158 e. The summed E-state index contributed by atoms with van der Waals surface area (Å²) in [7, 11) is 0. The Kier molecular flexibility index (Phi) is 3.05. The first-order chi connectivity index (χ1) is 9.90. The van der Waals surface area contributed by atoms with Crippen LogP contribution in [0, 0.1) is 5.92 Å². The average Bonchev–Trinajstić information content (AvgIpc) is 2.92. The zero-order valence-electron chi connectivity index (χ0n) is 11.4. The lowest BCUT2D eigenvalue weighted by molar-refractivity contribution is 0.0286. The number of fused-ring (bicyclic) bond motifs is 1. The van der Waals surface area contributed by atoms with E-state index in [0.717, 1.165) is 62.0 Å². The van der Waals surface area contributed by atoms with Gasteiger partial charge in [-0.15, -0.1) is 0 Å². The van der Waals surface area contributed by atoms with Crippen LogP contribution in [0.15, 0.2) is 22.8 Å². The van der Waals surface area contributed by atoms with Gasteiger partial charge in [0.05, 0.1) is 18.9 Å². The maximum atomic E-state index is 5.38. The molecule has 0 N–H and O–H groups in total. The Bertz CT molecular complexity index is 588. The maximum Gasteiger partial charge on any atom is 0.158 e. The van der Waals surface area contributed by atoms with Gasteiger partial charge < -0.3 is 9.64 Å². The summed E-state index contributed by atoms with van der Waals surface area (Å²) in [5.41, 5.74) is 2.85. The van der Waals surface area contributed by atoms with Crippen molar-refractivity contribution in [2.45, 2.75) is 0 Å². The topological polar surface area (TPSA) is 54.6 Å². The monoisotopic (exact) mass is 274 g/mol. The van der Waals surface area contributed by atoms with Crippen molar-refractivity contribution in [2.24, 2.45) is 5.92 Å². The number of anilines is 1. The fourth-order valence-electron chi connectivity index (χ4n) is 3.08. The van der Waals surface area contributed by atoms with E-state index in [0.29, 0.717) is 0 Å². The molecule has 2 aliphatic rings. The second-order valence-electron chi connectivity index (χ2n) is 5.59. The van der Waals surface area contributed by atoms with Crippen LogP contribution in [0.3, 0.4) is 0 Å². The highest BCUT2D eigenvalue weighted by atomic mass is 16.6. The number of benzene rings is 1. The molecule has 1 aromatic carbocycles. The molecule has 3 heterocycles. The van der Waals surface area contributed by atoms with Crippen LogP contribution < -0.4 is 4.90 Å². The van der Waals surface area contributed by atoms with E-state index in [4.69, 9.17) is 9.37 Å². The molecule has 0 spiro atoms. The Morgan fingerprint density at radius 2 is 2.00 bits per heavy atom. The molecule has 0 aliphatic carbocycles. The molecule has 2 saturated heterocycles. The Balaban J connectivity index is 1.39. The van der Waals surface area contributed by atoms with E-state index in [-0.39, 0.29) is 0 Å². The molecule has 4 rings (SSSR count). The molecule has 20 heavy (non-hydrogen) atoms. The van der Waals surface area contributed by atoms with E-state index >= 15 is 0 Å². The van der Waals surface area contributed by atoms with Crippen LogP contribution in [0.4, 0.5) is 5.69 Å². The third-order valence-corrected chi connectivity index (χ3v) is 4.18. The SMILES string of the molecule is c1cc(N2CC(CN3CCOCC3)C2)c2nonc2c1. The first-order valence-electron chi connectivity index (χ1n) is 7.16. The van der Waals surface area contributed by atoms with Crippen LogP contribution in [-0.4, -0.2) is 61.2 Å². The van der Waals surface area contributed by atoms with Crippen molar-refractivity contribution in [1.82, 2.24) is 15.2 Å². The summed E-state index contributed by atoms with van der Waals surface area (Å²) in [6, 6.07) is 6.04. The predicted molar refractivity (Wildman–Crippen MR) is 74.8 cm³/mol. The lowest BCUT2D eigenvalue weighted by Crippen LogP contribution is -2.53. The molecule has 106 valence electrons. The Hall–Kier alpha value is -1.66. The summed E-state index contributed by atoms with van der Waals surface area (Å²) < 4.78 is 10.2. The van der Waals surface area contributed by atoms with Crippen molar-refractivity contribution in [2.75, 3.05) is 50.8 Å². The summed E-state index contributed by atoms with van der Waals surface area (Å²) in [4.78, 5) is 4.86. The molecule has 6 heteroatoms. The van der Waals surface area contributed by atoms with Crippen LogP contribution in [0.2, 0.25) is 0 Å². The number of hydrogen-bond acceptors (Lipinski definition) is 6. The fourth-order valence-corrected chi connectivity index (χ4v) is 3.08. The second-order valence-corrected chi connectivity index (χ2v) is 5.59. The van der Waals surface area contributed by atoms with Gasteiger partial charge in [-0.1, -0.05) is 6.07 Å². The summed E-state index contributed by atoms with van der Waals surface area (Å²) in [5, 5.41) is 7.91. The molecule has 0 bridgehead atoms. The van der Waals surface area contributed by atoms with Crippen molar-refractivity contribution in [3.8, 4) is 0 Å². The largest absolute Gasteiger partial charge is 0.379 e.